The molecule has 0 bridgehead atoms. The van der Waals surface area contributed by atoms with E-state index in [0.29, 0.717) is 5.92 Å². The average molecular weight is 230 g/mol. The van der Waals surface area contributed by atoms with Gasteiger partial charge in [-0.15, -0.1) is 11.6 Å². The summed E-state index contributed by atoms with van der Waals surface area (Å²) in [6, 6.07) is 0. The number of halogens is 1. The summed E-state index contributed by atoms with van der Waals surface area (Å²) >= 11 is 5.99. The molecule has 0 heterocycles. The minimum atomic E-state index is 0.212. The topological polar surface area (TPSA) is 29.1 Å². The van der Waals surface area contributed by atoms with Crippen LogP contribution in [0.4, 0.5) is 0 Å². The highest BCUT2D eigenvalue weighted by Crippen LogP contribution is 2.57. The van der Waals surface area contributed by atoms with Gasteiger partial charge in [0.25, 0.3) is 0 Å². The molecule has 2 fully saturated rings. The highest BCUT2D eigenvalue weighted by molar-refractivity contribution is 6.20. The van der Waals surface area contributed by atoms with Gasteiger partial charge in [0.05, 0.1) is 0 Å². The monoisotopic (exact) mass is 229 g/mol. The molecular formula is C12H20ClNO. The van der Waals surface area contributed by atoms with Gasteiger partial charge >= 0.3 is 0 Å². The Morgan fingerprint density at radius 1 is 1.47 bits per heavy atom. The average Bonchev–Trinajstić information content (AvgIpc) is 2.72. The number of rotatable bonds is 5. The molecule has 2 saturated carbocycles. The van der Waals surface area contributed by atoms with Crippen LogP contribution in [0.15, 0.2) is 0 Å². The van der Waals surface area contributed by atoms with Crippen molar-refractivity contribution < 1.29 is 4.79 Å². The molecule has 0 aromatic rings. The second-order valence-corrected chi connectivity index (χ2v) is 5.49. The van der Waals surface area contributed by atoms with Gasteiger partial charge in [0, 0.05) is 17.8 Å². The number of carbonyl (C=O) groups is 1. The van der Waals surface area contributed by atoms with Crippen molar-refractivity contribution in [3.05, 3.63) is 0 Å². The first-order valence-corrected chi connectivity index (χ1v) is 6.59. The van der Waals surface area contributed by atoms with Gasteiger partial charge in [0.15, 0.2) is 0 Å². The minimum Gasteiger partial charge on any atom is -0.356 e. The fraction of sp³-hybridized carbons (Fsp3) is 0.917. The van der Waals surface area contributed by atoms with Crippen LogP contribution in [0.2, 0.25) is 0 Å². The Kier molecular flexibility index (Phi) is 3.55. The maximum atomic E-state index is 11.7. The van der Waals surface area contributed by atoms with Crippen LogP contribution < -0.4 is 5.32 Å². The van der Waals surface area contributed by atoms with Gasteiger partial charge in [0.1, 0.15) is 0 Å². The van der Waals surface area contributed by atoms with Crippen LogP contribution >= 0.6 is 11.6 Å². The zero-order valence-electron chi connectivity index (χ0n) is 9.34. The Labute approximate surface area is 96.8 Å². The summed E-state index contributed by atoms with van der Waals surface area (Å²) in [5, 5.41) is 3.23. The van der Waals surface area contributed by atoms with Gasteiger partial charge in [-0.05, 0) is 37.5 Å². The molecule has 3 heteroatoms. The number of nitrogens with one attached hydrogen (secondary N) is 1. The summed E-state index contributed by atoms with van der Waals surface area (Å²) in [6.07, 6.45) is 5.75. The first kappa shape index (κ1) is 11.3. The molecule has 0 aliphatic heterocycles. The Bertz CT molecular complexity index is 234. The molecule has 0 aromatic carbocycles. The van der Waals surface area contributed by atoms with E-state index in [-0.39, 0.29) is 11.3 Å². The Morgan fingerprint density at radius 2 is 2.13 bits per heavy atom. The quantitative estimate of drug-likeness (QED) is 0.722. The van der Waals surface area contributed by atoms with E-state index < -0.39 is 0 Å². The van der Waals surface area contributed by atoms with Gasteiger partial charge in [-0.3, -0.25) is 4.79 Å². The Morgan fingerprint density at radius 3 is 2.73 bits per heavy atom. The van der Waals surface area contributed by atoms with Crippen molar-refractivity contribution >= 4 is 17.5 Å². The zero-order valence-corrected chi connectivity index (χ0v) is 10.1. The van der Waals surface area contributed by atoms with Gasteiger partial charge in [-0.1, -0.05) is 13.3 Å². The molecule has 1 N–H and O–H groups in total. The summed E-state index contributed by atoms with van der Waals surface area (Å²) in [5.41, 5.74) is 0. The van der Waals surface area contributed by atoms with Crippen LogP contribution in [-0.2, 0) is 4.79 Å². The van der Waals surface area contributed by atoms with Crippen molar-refractivity contribution in [2.45, 2.75) is 44.4 Å². The number of carbonyl (C=O) groups excluding carboxylic acids is 1. The van der Waals surface area contributed by atoms with E-state index in [1.807, 2.05) is 0 Å². The van der Waals surface area contributed by atoms with Gasteiger partial charge in [-0.2, -0.15) is 0 Å². The molecule has 2 rings (SSSR count). The predicted molar refractivity (Wildman–Crippen MR) is 61.9 cm³/mol. The lowest BCUT2D eigenvalue weighted by Gasteiger charge is -2.08. The molecule has 3 atom stereocenters. The lowest BCUT2D eigenvalue weighted by Crippen LogP contribution is -2.28. The standard InChI is InChI=1S/C12H20ClNO/c1-2-8(13)6-7-14-12(15)11-9-4-3-5-10(9)11/h8-11H,2-7H2,1H3,(H,14,15). The first-order chi connectivity index (χ1) is 7.24. The first-order valence-electron chi connectivity index (χ1n) is 6.15. The van der Waals surface area contributed by atoms with Crippen LogP contribution in [0.25, 0.3) is 0 Å². The molecule has 2 aliphatic rings. The molecule has 0 radical (unpaired) electrons. The highest BCUT2D eigenvalue weighted by atomic mass is 35.5. The van der Waals surface area contributed by atoms with Gasteiger partial charge < -0.3 is 5.32 Å². The van der Waals surface area contributed by atoms with Crippen LogP contribution in [0.3, 0.4) is 0 Å². The molecule has 0 aromatic heterocycles. The molecule has 86 valence electrons. The van der Waals surface area contributed by atoms with Crippen molar-refractivity contribution in [2.75, 3.05) is 6.54 Å². The van der Waals surface area contributed by atoms with Crippen LogP contribution in [0.1, 0.15) is 39.0 Å². The van der Waals surface area contributed by atoms with Crippen LogP contribution in [0.5, 0.6) is 0 Å². The van der Waals surface area contributed by atoms with Gasteiger partial charge in [0.2, 0.25) is 5.91 Å². The fourth-order valence-electron chi connectivity index (χ4n) is 2.88. The summed E-state index contributed by atoms with van der Waals surface area (Å²) in [6.45, 7) is 2.82. The van der Waals surface area contributed by atoms with Crippen LogP contribution in [-0.4, -0.2) is 17.8 Å². The summed E-state index contributed by atoms with van der Waals surface area (Å²) < 4.78 is 0. The predicted octanol–water partition coefficient (Wildman–Crippen LogP) is 2.56. The number of hydrogen-bond donors (Lipinski definition) is 1. The third kappa shape index (κ3) is 2.47. The van der Waals surface area contributed by atoms with E-state index in [2.05, 4.69) is 12.2 Å². The third-order valence-corrected chi connectivity index (χ3v) is 4.44. The second kappa shape index (κ2) is 4.73. The molecule has 2 nitrogen and oxygen atoms in total. The summed E-state index contributed by atoms with van der Waals surface area (Å²) in [4.78, 5) is 11.7. The lowest BCUT2D eigenvalue weighted by molar-refractivity contribution is -0.123. The van der Waals surface area contributed by atoms with Crippen molar-refractivity contribution in [1.29, 1.82) is 0 Å². The SMILES string of the molecule is CCC(Cl)CCNC(=O)C1C2CCCC21. The Hall–Kier alpha value is -0.240. The van der Waals surface area contributed by atoms with Crippen LogP contribution in [0, 0.1) is 17.8 Å². The van der Waals surface area contributed by atoms with E-state index in [1.165, 1.54) is 19.3 Å². The van der Waals surface area contributed by atoms with E-state index in [9.17, 15) is 4.79 Å². The molecule has 0 spiro atoms. The fourth-order valence-corrected chi connectivity index (χ4v) is 2.99. The summed E-state index contributed by atoms with van der Waals surface area (Å²) in [7, 11) is 0. The molecular weight excluding hydrogens is 210 g/mol. The smallest absolute Gasteiger partial charge is 0.223 e. The van der Waals surface area contributed by atoms with Crippen molar-refractivity contribution in [3.8, 4) is 0 Å². The largest absolute Gasteiger partial charge is 0.356 e. The van der Waals surface area contributed by atoms with E-state index in [4.69, 9.17) is 11.6 Å². The maximum Gasteiger partial charge on any atom is 0.223 e. The molecule has 2 aliphatic carbocycles. The molecule has 0 saturated heterocycles. The van der Waals surface area contributed by atoms with E-state index in [0.717, 1.165) is 31.2 Å². The third-order valence-electron chi connectivity index (χ3n) is 3.91. The number of amides is 1. The Balaban J connectivity index is 1.62. The minimum absolute atomic E-state index is 0.212. The summed E-state index contributed by atoms with van der Waals surface area (Å²) in [5.74, 6) is 2.09. The zero-order chi connectivity index (χ0) is 10.8. The number of fused-ring (bicyclic) bond motifs is 1. The highest BCUT2D eigenvalue weighted by Gasteiger charge is 2.56. The van der Waals surface area contributed by atoms with Crippen molar-refractivity contribution in [3.63, 3.8) is 0 Å². The van der Waals surface area contributed by atoms with E-state index >= 15 is 0 Å². The lowest BCUT2D eigenvalue weighted by atomic mass is 10.1. The van der Waals surface area contributed by atoms with Gasteiger partial charge in [-0.25, -0.2) is 0 Å². The second-order valence-electron chi connectivity index (χ2n) is 4.87. The van der Waals surface area contributed by atoms with Crippen molar-refractivity contribution in [1.82, 2.24) is 5.32 Å². The normalized spacial score (nSPS) is 34.7. The molecule has 15 heavy (non-hydrogen) atoms. The number of alkyl halides is 1. The maximum absolute atomic E-state index is 11.7. The van der Waals surface area contributed by atoms with Crippen molar-refractivity contribution in [2.24, 2.45) is 17.8 Å². The van der Waals surface area contributed by atoms with E-state index in [1.54, 1.807) is 0 Å². The molecule has 1 amide bonds. The number of hydrogen-bond acceptors (Lipinski definition) is 1. The molecule has 3 unspecified atom stereocenters.